The molecule has 1 aliphatic carbocycles. The van der Waals surface area contributed by atoms with Crippen LogP contribution in [-0.4, -0.2) is 24.1 Å². The maximum Gasteiger partial charge on any atom is 0.573 e. The molecule has 0 heterocycles. The molecule has 1 aromatic carbocycles. The van der Waals surface area contributed by atoms with Gasteiger partial charge in [0.25, 0.3) is 0 Å². The number of halogens is 3. The number of hydrogen-bond acceptors (Lipinski definition) is 3. The molecule has 0 aliphatic heterocycles. The summed E-state index contributed by atoms with van der Waals surface area (Å²) < 4.78 is 40.9. The fourth-order valence-corrected chi connectivity index (χ4v) is 2.46. The van der Waals surface area contributed by atoms with Gasteiger partial charge >= 0.3 is 6.36 Å². The Morgan fingerprint density at radius 2 is 1.94 bits per heavy atom. The summed E-state index contributed by atoms with van der Waals surface area (Å²) in [5.41, 5.74) is 5.45. The molecule has 1 fully saturated rings. The summed E-state index contributed by atoms with van der Waals surface area (Å²) in [4.78, 5) is 0. The third-order valence-electron chi connectivity index (χ3n) is 3.33. The van der Waals surface area contributed by atoms with Crippen LogP contribution in [0.3, 0.4) is 0 Å². The van der Waals surface area contributed by atoms with Crippen LogP contribution in [0.25, 0.3) is 0 Å². The van der Waals surface area contributed by atoms with Crippen molar-refractivity contribution >= 4 is 0 Å². The van der Waals surface area contributed by atoms with E-state index in [1.165, 1.54) is 12.1 Å². The van der Waals surface area contributed by atoms with Crippen molar-refractivity contribution in [3.05, 3.63) is 29.8 Å². The van der Waals surface area contributed by atoms with E-state index in [1.807, 2.05) is 0 Å². The van der Waals surface area contributed by atoms with E-state index in [0.717, 1.165) is 0 Å². The molecule has 3 nitrogen and oxygen atoms in total. The molecule has 1 aromatic rings. The summed E-state index contributed by atoms with van der Waals surface area (Å²) in [5.74, 6) is -0.234. The van der Waals surface area contributed by atoms with Crippen LogP contribution in [0, 0.1) is 0 Å². The van der Waals surface area contributed by atoms with E-state index < -0.39 is 17.9 Å². The Hall–Kier alpha value is -1.27. The molecule has 1 saturated carbocycles. The van der Waals surface area contributed by atoms with E-state index in [0.29, 0.717) is 18.4 Å². The van der Waals surface area contributed by atoms with E-state index in [9.17, 15) is 18.3 Å². The van der Waals surface area contributed by atoms with Crippen molar-refractivity contribution in [3.8, 4) is 5.75 Å². The van der Waals surface area contributed by atoms with Gasteiger partial charge in [0.15, 0.2) is 0 Å². The molecule has 0 unspecified atom stereocenters. The molecule has 6 heteroatoms. The topological polar surface area (TPSA) is 55.5 Å². The Morgan fingerprint density at radius 3 is 2.44 bits per heavy atom. The molecule has 18 heavy (non-hydrogen) atoms. The van der Waals surface area contributed by atoms with Crippen molar-refractivity contribution in [1.82, 2.24) is 0 Å². The van der Waals surface area contributed by atoms with Crippen molar-refractivity contribution in [1.29, 1.82) is 0 Å². The average Bonchev–Trinajstić information content (AvgIpc) is 2.23. The minimum atomic E-state index is -4.73. The van der Waals surface area contributed by atoms with Gasteiger partial charge in [-0.3, -0.25) is 0 Å². The van der Waals surface area contributed by atoms with Crippen LogP contribution in [0.2, 0.25) is 0 Å². The van der Waals surface area contributed by atoms with E-state index in [1.54, 1.807) is 12.1 Å². The quantitative estimate of drug-likeness (QED) is 0.874. The predicted octanol–water partition coefficient (Wildman–Crippen LogP) is 1.94. The Morgan fingerprint density at radius 1 is 1.33 bits per heavy atom. The minimum absolute atomic E-state index is 0.183. The van der Waals surface area contributed by atoms with E-state index in [4.69, 9.17) is 5.73 Å². The van der Waals surface area contributed by atoms with Crippen LogP contribution in [0.4, 0.5) is 13.2 Å². The van der Waals surface area contributed by atoms with E-state index in [2.05, 4.69) is 4.74 Å². The number of aliphatic hydroxyl groups excluding tert-OH is 1. The third kappa shape index (κ3) is 2.44. The van der Waals surface area contributed by atoms with Crippen molar-refractivity contribution in [3.63, 3.8) is 0 Å². The molecule has 100 valence electrons. The molecule has 0 radical (unpaired) electrons. The zero-order chi connectivity index (χ0) is 13.4. The van der Waals surface area contributed by atoms with Gasteiger partial charge < -0.3 is 15.6 Å². The summed E-state index contributed by atoms with van der Waals surface area (Å²) >= 11 is 0. The number of rotatable bonds is 3. The molecule has 3 N–H and O–H groups in total. The number of ether oxygens (including phenoxy) is 1. The lowest BCUT2D eigenvalue weighted by atomic mass is 9.62. The Balaban J connectivity index is 2.33. The van der Waals surface area contributed by atoms with Crippen molar-refractivity contribution < 1.29 is 23.0 Å². The number of para-hydroxylation sites is 1. The average molecular weight is 261 g/mol. The molecular weight excluding hydrogens is 247 g/mol. The van der Waals surface area contributed by atoms with Crippen LogP contribution in [0.15, 0.2) is 24.3 Å². The highest BCUT2D eigenvalue weighted by molar-refractivity contribution is 5.42. The monoisotopic (exact) mass is 261 g/mol. The number of hydrogen-bond donors (Lipinski definition) is 2. The van der Waals surface area contributed by atoms with Gasteiger partial charge in [-0.15, -0.1) is 13.2 Å². The van der Waals surface area contributed by atoms with E-state index in [-0.39, 0.29) is 12.3 Å². The van der Waals surface area contributed by atoms with Crippen molar-refractivity contribution in [2.75, 3.05) is 6.54 Å². The first kappa shape index (κ1) is 13.2. The normalized spacial score (nSPS) is 27.7. The highest BCUT2D eigenvalue weighted by atomic mass is 19.4. The van der Waals surface area contributed by atoms with Gasteiger partial charge in [0, 0.05) is 17.5 Å². The number of nitrogens with two attached hydrogens (primary N) is 1. The minimum Gasteiger partial charge on any atom is -0.405 e. The van der Waals surface area contributed by atoms with Gasteiger partial charge in [0.05, 0.1) is 6.10 Å². The lowest BCUT2D eigenvalue weighted by Gasteiger charge is -2.45. The predicted molar refractivity (Wildman–Crippen MR) is 59.1 cm³/mol. The zero-order valence-electron chi connectivity index (χ0n) is 9.57. The number of benzene rings is 1. The summed E-state index contributed by atoms with van der Waals surface area (Å²) in [6.45, 7) is 0.183. The maximum absolute atomic E-state index is 12.3. The summed E-state index contributed by atoms with van der Waals surface area (Å²) in [7, 11) is 0. The smallest absolute Gasteiger partial charge is 0.405 e. The van der Waals surface area contributed by atoms with E-state index >= 15 is 0 Å². The van der Waals surface area contributed by atoms with Gasteiger partial charge in [-0.1, -0.05) is 18.2 Å². The van der Waals surface area contributed by atoms with Crippen LogP contribution >= 0.6 is 0 Å². The first-order valence-electron chi connectivity index (χ1n) is 5.60. The highest BCUT2D eigenvalue weighted by Gasteiger charge is 2.46. The van der Waals surface area contributed by atoms with Crippen LogP contribution in [0.5, 0.6) is 5.75 Å². The van der Waals surface area contributed by atoms with Crippen molar-refractivity contribution in [2.45, 2.75) is 30.7 Å². The lowest BCUT2D eigenvalue weighted by molar-refractivity contribution is -0.275. The largest absolute Gasteiger partial charge is 0.573 e. The van der Waals surface area contributed by atoms with Crippen LogP contribution in [0.1, 0.15) is 18.4 Å². The molecule has 0 atom stereocenters. The van der Waals surface area contributed by atoms with Crippen LogP contribution in [-0.2, 0) is 5.41 Å². The Bertz CT molecular complexity index is 428. The summed E-state index contributed by atoms with van der Waals surface area (Å²) in [6, 6.07) is 5.95. The highest BCUT2D eigenvalue weighted by Crippen LogP contribution is 2.47. The fraction of sp³-hybridized carbons (Fsp3) is 0.500. The molecule has 0 amide bonds. The molecule has 0 saturated heterocycles. The number of alkyl halides is 3. The second-order valence-electron chi connectivity index (χ2n) is 4.59. The molecule has 1 aliphatic rings. The Kier molecular flexibility index (Phi) is 3.25. The van der Waals surface area contributed by atoms with Gasteiger partial charge in [-0.05, 0) is 18.9 Å². The van der Waals surface area contributed by atoms with Gasteiger partial charge in [0.1, 0.15) is 5.75 Å². The second-order valence-corrected chi connectivity index (χ2v) is 4.59. The molecule has 0 aromatic heterocycles. The standard InChI is InChI=1S/C12H14F3NO2/c13-12(14,15)18-10-4-2-1-3-9(10)11(7-16)5-8(17)6-11/h1-4,8,17H,5-7,16H2. The first-order valence-corrected chi connectivity index (χ1v) is 5.60. The maximum atomic E-state index is 12.3. The lowest BCUT2D eigenvalue weighted by Crippen LogP contribution is -2.50. The molecule has 0 spiro atoms. The summed E-state index contributed by atoms with van der Waals surface area (Å²) in [5, 5.41) is 9.38. The number of aliphatic hydroxyl groups is 1. The molecule has 0 bridgehead atoms. The third-order valence-corrected chi connectivity index (χ3v) is 3.33. The van der Waals surface area contributed by atoms with Gasteiger partial charge in [-0.25, -0.2) is 0 Å². The van der Waals surface area contributed by atoms with Gasteiger partial charge in [-0.2, -0.15) is 0 Å². The molecular formula is C12H14F3NO2. The first-order chi connectivity index (χ1) is 8.36. The second kappa shape index (κ2) is 4.44. The zero-order valence-corrected chi connectivity index (χ0v) is 9.57. The van der Waals surface area contributed by atoms with Crippen LogP contribution < -0.4 is 10.5 Å². The Labute approximate surface area is 102 Å². The fourth-order valence-electron chi connectivity index (χ4n) is 2.46. The van der Waals surface area contributed by atoms with Crippen molar-refractivity contribution in [2.24, 2.45) is 5.73 Å². The summed E-state index contributed by atoms with van der Waals surface area (Å²) in [6.07, 6.45) is -4.51. The molecule has 2 rings (SSSR count). The van der Waals surface area contributed by atoms with Gasteiger partial charge in [0.2, 0.25) is 0 Å². The SMILES string of the molecule is NCC1(c2ccccc2OC(F)(F)F)CC(O)C1.